The molecule has 0 radical (unpaired) electrons. The third-order valence-corrected chi connectivity index (χ3v) is 4.30. The Bertz CT molecular complexity index is 434. The molecule has 4 heteroatoms. The summed E-state index contributed by atoms with van der Waals surface area (Å²) in [6, 6.07) is 4.07. The molecule has 0 aliphatic heterocycles. The molecule has 0 bridgehead atoms. The van der Waals surface area contributed by atoms with E-state index in [2.05, 4.69) is 39.2 Å². The van der Waals surface area contributed by atoms with Gasteiger partial charge < -0.3 is 9.47 Å². The van der Waals surface area contributed by atoms with Crippen molar-refractivity contribution in [3.63, 3.8) is 0 Å². The highest BCUT2D eigenvalue weighted by atomic mass is 16.5. The van der Waals surface area contributed by atoms with Gasteiger partial charge in [-0.05, 0) is 43.9 Å². The molecule has 114 valence electrons. The van der Waals surface area contributed by atoms with Crippen molar-refractivity contribution < 1.29 is 9.47 Å². The summed E-state index contributed by atoms with van der Waals surface area (Å²) in [6.07, 6.45) is 1.73. The SMILES string of the molecule is CCC(CC)(OC)C(NN)c1c(C)cc(C)cc1OC. The van der Waals surface area contributed by atoms with Crippen LogP contribution in [0.5, 0.6) is 5.75 Å². The van der Waals surface area contributed by atoms with Gasteiger partial charge in [0.1, 0.15) is 5.75 Å². The molecular weight excluding hydrogens is 252 g/mol. The number of nitrogens with one attached hydrogen (secondary N) is 1. The van der Waals surface area contributed by atoms with E-state index in [1.165, 1.54) is 5.56 Å². The summed E-state index contributed by atoms with van der Waals surface area (Å²) < 4.78 is 11.4. The fourth-order valence-electron chi connectivity index (χ4n) is 3.04. The summed E-state index contributed by atoms with van der Waals surface area (Å²) in [4.78, 5) is 0. The first kappa shape index (κ1) is 17.0. The average Bonchev–Trinajstić information content (AvgIpc) is 2.45. The minimum absolute atomic E-state index is 0.113. The molecule has 20 heavy (non-hydrogen) atoms. The van der Waals surface area contributed by atoms with Gasteiger partial charge in [-0.2, -0.15) is 0 Å². The van der Waals surface area contributed by atoms with E-state index in [0.29, 0.717) is 0 Å². The van der Waals surface area contributed by atoms with Crippen molar-refractivity contribution in [2.45, 2.75) is 52.2 Å². The van der Waals surface area contributed by atoms with Crippen LogP contribution in [0.3, 0.4) is 0 Å². The lowest BCUT2D eigenvalue weighted by atomic mass is 9.82. The molecule has 0 spiro atoms. The van der Waals surface area contributed by atoms with E-state index in [0.717, 1.165) is 29.7 Å². The first-order valence-electron chi connectivity index (χ1n) is 7.16. The Balaban J connectivity index is 3.45. The number of rotatable bonds is 7. The minimum atomic E-state index is -0.345. The predicted molar refractivity (Wildman–Crippen MR) is 82.9 cm³/mol. The van der Waals surface area contributed by atoms with Crippen LogP contribution in [0.4, 0.5) is 0 Å². The van der Waals surface area contributed by atoms with Gasteiger partial charge in [-0.15, -0.1) is 0 Å². The van der Waals surface area contributed by atoms with Gasteiger partial charge >= 0.3 is 0 Å². The Morgan fingerprint density at radius 1 is 1.20 bits per heavy atom. The third kappa shape index (κ3) is 2.97. The molecule has 4 nitrogen and oxygen atoms in total. The highest BCUT2D eigenvalue weighted by molar-refractivity contribution is 5.46. The van der Waals surface area contributed by atoms with Crippen LogP contribution in [-0.2, 0) is 4.74 Å². The van der Waals surface area contributed by atoms with E-state index in [1.54, 1.807) is 14.2 Å². The molecule has 0 aliphatic carbocycles. The topological polar surface area (TPSA) is 56.5 Å². The number of hydrogen-bond donors (Lipinski definition) is 2. The smallest absolute Gasteiger partial charge is 0.124 e. The van der Waals surface area contributed by atoms with Gasteiger partial charge in [0.15, 0.2) is 0 Å². The van der Waals surface area contributed by atoms with Gasteiger partial charge in [-0.3, -0.25) is 5.84 Å². The zero-order valence-corrected chi connectivity index (χ0v) is 13.5. The first-order chi connectivity index (χ1) is 9.49. The fraction of sp³-hybridized carbons (Fsp3) is 0.625. The molecule has 1 aromatic carbocycles. The van der Waals surface area contributed by atoms with Crippen LogP contribution in [0.15, 0.2) is 12.1 Å². The predicted octanol–water partition coefficient (Wildman–Crippen LogP) is 3.02. The Kier molecular flexibility index (Phi) is 5.99. The summed E-state index contributed by atoms with van der Waals surface area (Å²) in [7, 11) is 3.44. The largest absolute Gasteiger partial charge is 0.496 e. The zero-order valence-electron chi connectivity index (χ0n) is 13.5. The molecule has 1 rings (SSSR count). The monoisotopic (exact) mass is 280 g/mol. The number of methoxy groups -OCH3 is 2. The fourth-order valence-corrected chi connectivity index (χ4v) is 3.04. The molecule has 0 heterocycles. The maximum atomic E-state index is 5.86. The number of benzene rings is 1. The first-order valence-corrected chi connectivity index (χ1v) is 7.16. The van der Waals surface area contributed by atoms with Gasteiger partial charge in [0.2, 0.25) is 0 Å². The van der Waals surface area contributed by atoms with Crippen molar-refractivity contribution in [1.82, 2.24) is 5.43 Å². The molecule has 0 amide bonds. The third-order valence-electron chi connectivity index (χ3n) is 4.30. The highest BCUT2D eigenvalue weighted by Gasteiger charge is 2.38. The lowest BCUT2D eigenvalue weighted by Crippen LogP contribution is -2.47. The number of hydrogen-bond acceptors (Lipinski definition) is 4. The quantitative estimate of drug-likeness (QED) is 0.595. The highest BCUT2D eigenvalue weighted by Crippen LogP contribution is 2.40. The maximum Gasteiger partial charge on any atom is 0.124 e. The van der Waals surface area contributed by atoms with Crippen LogP contribution in [0, 0.1) is 13.8 Å². The van der Waals surface area contributed by atoms with Crippen LogP contribution >= 0.6 is 0 Å². The lowest BCUT2D eigenvalue weighted by molar-refractivity contribution is -0.0493. The van der Waals surface area contributed by atoms with Crippen molar-refractivity contribution in [1.29, 1.82) is 0 Å². The number of hydrazine groups is 1. The van der Waals surface area contributed by atoms with Gasteiger partial charge in [0.05, 0.1) is 18.8 Å². The standard InChI is InChI=1S/C16H28N2O2/c1-7-16(8-2,20-6)15(18-17)14-12(4)9-11(3)10-13(14)19-5/h9-10,15,18H,7-8,17H2,1-6H3. The average molecular weight is 280 g/mol. The summed E-state index contributed by atoms with van der Waals surface area (Å²) in [5.74, 6) is 6.72. The van der Waals surface area contributed by atoms with Crippen LogP contribution in [0.2, 0.25) is 0 Å². The van der Waals surface area contributed by atoms with Gasteiger partial charge in [-0.25, -0.2) is 5.43 Å². The van der Waals surface area contributed by atoms with Crippen molar-refractivity contribution in [3.05, 3.63) is 28.8 Å². The second-order valence-corrected chi connectivity index (χ2v) is 5.27. The van der Waals surface area contributed by atoms with Crippen LogP contribution in [0.25, 0.3) is 0 Å². The Labute approximate surface area is 122 Å². The van der Waals surface area contributed by atoms with Crippen molar-refractivity contribution in [3.8, 4) is 5.75 Å². The summed E-state index contributed by atoms with van der Waals surface area (Å²) in [5.41, 5.74) is 6.01. The molecule has 1 unspecified atom stereocenters. The number of ether oxygens (including phenoxy) is 2. The molecule has 1 atom stereocenters. The maximum absolute atomic E-state index is 5.86. The molecule has 1 aromatic rings. The Morgan fingerprint density at radius 3 is 2.20 bits per heavy atom. The summed E-state index contributed by atoms with van der Waals surface area (Å²) >= 11 is 0. The van der Waals surface area contributed by atoms with E-state index >= 15 is 0 Å². The van der Waals surface area contributed by atoms with Gasteiger partial charge in [0, 0.05) is 12.7 Å². The number of nitrogens with two attached hydrogens (primary N) is 1. The zero-order chi connectivity index (χ0) is 15.3. The second kappa shape index (κ2) is 7.07. The molecule has 0 saturated heterocycles. The van der Waals surface area contributed by atoms with E-state index in [4.69, 9.17) is 15.3 Å². The Hall–Kier alpha value is -1.10. The molecule has 0 aromatic heterocycles. The minimum Gasteiger partial charge on any atom is -0.496 e. The second-order valence-electron chi connectivity index (χ2n) is 5.27. The lowest BCUT2D eigenvalue weighted by Gasteiger charge is -2.39. The number of aryl methyl sites for hydroxylation is 2. The molecular formula is C16H28N2O2. The molecule has 3 N–H and O–H groups in total. The van der Waals surface area contributed by atoms with Gasteiger partial charge in [0.25, 0.3) is 0 Å². The van der Waals surface area contributed by atoms with Crippen LogP contribution in [0.1, 0.15) is 49.4 Å². The normalized spacial score (nSPS) is 13.3. The van der Waals surface area contributed by atoms with Crippen molar-refractivity contribution >= 4 is 0 Å². The molecule has 0 fully saturated rings. The van der Waals surface area contributed by atoms with Crippen molar-refractivity contribution in [2.24, 2.45) is 5.84 Å². The summed E-state index contributed by atoms with van der Waals surface area (Å²) in [5, 5.41) is 0. The van der Waals surface area contributed by atoms with Crippen LogP contribution < -0.4 is 16.0 Å². The van der Waals surface area contributed by atoms with E-state index < -0.39 is 0 Å². The molecule has 0 saturated carbocycles. The van der Waals surface area contributed by atoms with E-state index in [-0.39, 0.29) is 11.6 Å². The van der Waals surface area contributed by atoms with E-state index in [1.807, 2.05) is 6.07 Å². The van der Waals surface area contributed by atoms with Gasteiger partial charge in [-0.1, -0.05) is 19.9 Å². The summed E-state index contributed by atoms with van der Waals surface area (Å²) in [6.45, 7) is 8.38. The molecule has 0 aliphatic rings. The van der Waals surface area contributed by atoms with Crippen molar-refractivity contribution in [2.75, 3.05) is 14.2 Å². The van der Waals surface area contributed by atoms with E-state index in [9.17, 15) is 0 Å². The Morgan fingerprint density at radius 2 is 1.80 bits per heavy atom. The van der Waals surface area contributed by atoms with Crippen LogP contribution in [-0.4, -0.2) is 19.8 Å².